The quantitative estimate of drug-likeness (QED) is 0.936. The van der Waals surface area contributed by atoms with Crippen molar-refractivity contribution in [3.63, 3.8) is 0 Å². The van der Waals surface area contributed by atoms with Gasteiger partial charge in [-0.3, -0.25) is 0 Å². The third-order valence-corrected chi connectivity index (χ3v) is 3.00. The SMILES string of the molecule is COc1cccc(C(O)Cc2ccc(F)c(Cl)c2)n1. The van der Waals surface area contributed by atoms with E-state index in [2.05, 4.69) is 4.98 Å². The Balaban J connectivity index is 2.15. The molecule has 3 nitrogen and oxygen atoms in total. The normalized spacial score (nSPS) is 12.2. The molecule has 19 heavy (non-hydrogen) atoms. The number of rotatable bonds is 4. The van der Waals surface area contributed by atoms with Gasteiger partial charge in [0.1, 0.15) is 11.9 Å². The Hall–Kier alpha value is -1.65. The number of pyridine rings is 1. The Labute approximate surface area is 115 Å². The smallest absolute Gasteiger partial charge is 0.213 e. The number of benzene rings is 1. The van der Waals surface area contributed by atoms with E-state index in [0.717, 1.165) is 5.56 Å². The van der Waals surface area contributed by atoms with Crippen LogP contribution < -0.4 is 4.74 Å². The molecule has 1 N–H and O–H groups in total. The molecule has 2 aromatic rings. The first-order valence-electron chi connectivity index (χ1n) is 5.73. The highest BCUT2D eigenvalue weighted by Gasteiger charge is 2.12. The second kappa shape index (κ2) is 5.99. The molecule has 1 aromatic heterocycles. The molecule has 5 heteroatoms. The van der Waals surface area contributed by atoms with Crippen LogP contribution in [0.1, 0.15) is 17.4 Å². The summed E-state index contributed by atoms with van der Waals surface area (Å²) < 4.78 is 18.0. The predicted molar refractivity (Wildman–Crippen MR) is 70.9 cm³/mol. The molecule has 2 rings (SSSR count). The van der Waals surface area contributed by atoms with Gasteiger partial charge in [-0.1, -0.05) is 23.7 Å². The fraction of sp³-hybridized carbons (Fsp3) is 0.214. The standard InChI is InChI=1S/C14H13ClFNO2/c1-19-14-4-2-3-12(17-14)13(18)8-9-5-6-11(16)10(15)7-9/h2-7,13,18H,8H2,1H3. The zero-order chi connectivity index (χ0) is 13.8. The van der Waals surface area contributed by atoms with Crippen molar-refractivity contribution in [2.75, 3.05) is 7.11 Å². The van der Waals surface area contributed by atoms with Gasteiger partial charge in [-0.05, 0) is 23.8 Å². The van der Waals surface area contributed by atoms with E-state index in [1.165, 1.54) is 19.2 Å². The monoisotopic (exact) mass is 281 g/mol. The van der Waals surface area contributed by atoms with Gasteiger partial charge in [0, 0.05) is 12.5 Å². The van der Waals surface area contributed by atoms with Gasteiger partial charge in [0.05, 0.1) is 17.8 Å². The summed E-state index contributed by atoms with van der Waals surface area (Å²) in [4.78, 5) is 4.15. The van der Waals surface area contributed by atoms with Crippen molar-refractivity contribution in [3.8, 4) is 5.88 Å². The maximum atomic E-state index is 13.0. The summed E-state index contributed by atoms with van der Waals surface area (Å²) >= 11 is 5.70. The number of nitrogens with zero attached hydrogens (tertiary/aromatic N) is 1. The van der Waals surface area contributed by atoms with E-state index in [4.69, 9.17) is 16.3 Å². The topological polar surface area (TPSA) is 42.4 Å². The molecule has 100 valence electrons. The molecule has 1 atom stereocenters. The number of halogens is 2. The number of hydrogen-bond acceptors (Lipinski definition) is 3. The van der Waals surface area contributed by atoms with Gasteiger partial charge in [0.15, 0.2) is 0 Å². The Morgan fingerprint density at radius 2 is 2.16 bits per heavy atom. The molecule has 0 amide bonds. The van der Waals surface area contributed by atoms with Crippen molar-refractivity contribution in [1.29, 1.82) is 0 Å². The lowest BCUT2D eigenvalue weighted by molar-refractivity contribution is 0.172. The fourth-order valence-corrected chi connectivity index (χ4v) is 1.93. The highest BCUT2D eigenvalue weighted by Crippen LogP contribution is 2.22. The van der Waals surface area contributed by atoms with E-state index >= 15 is 0 Å². The minimum absolute atomic E-state index is 0.0447. The van der Waals surface area contributed by atoms with Crippen LogP contribution in [-0.4, -0.2) is 17.2 Å². The molecule has 0 bridgehead atoms. The van der Waals surface area contributed by atoms with Crippen LogP contribution in [0.2, 0.25) is 5.02 Å². The Kier molecular flexibility index (Phi) is 4.35. The van der Waals surface area contributed by atoms with Gasteiger partial charge in [0.25, 0.3) is 0 Å². The van der Waals surface area contributed by atoms with Crippen molar-refractivity contribution in [2.45, 2.75) is 12.5 Å². The average Bonchev–Trinajstić information content (AvgIpc) is 2.43. The van der Waals surface area contributed by atoms with Crippen LogP contribution in [0.15, 0.2) is 36.4 Å². The summed E-state index contributed by atoms with van der Waals surface area (Å²) in [5.74, 6) is -0.0342. The number of ether oxygens (including phenoxy) is 1. The number of hydrogen-bond donors (Lipinski definition) is 1. The molecule has 0 fully saturated rings. The molecule has 1 heterocycles. The van der Waals surface area contributed by atoms with Gasteiger partial charge < -0.3 is 9.84 Å². The van der Waals surface area contributed by atoms with Crippen LogP contribution in [0.25, 0.3) is 0 Å². The first kappa shape index (κ1) is 13.8. The van der Waals surface area contributed by atoms with Gasteiger partial charge in [-0.25, -0.2) is 9.37 Å². The highest BCUT2D eigenvalue weighted by molar-refractivity contribution is 6.30. The predicted octanol–water partition coefficient (Wildman–Crippen LogP) is 3.16. The number of aliphatic hydroxyl groups excluding tert-OH is 1. The molecule has 0 aliphatic rings. The maximum absolute atomic E-state index is 13.0. The van der Waals surface area contributed by atoms with E-state index in [0.29, 0.717) is 18.0 Å². The lowest BCUT2D eigenvalue weighted by Gasteiger charge is -2.11. The van der Waals surface area contributed by atoms with Crippen molar-refractivity contribution < 1.29 is 14.2 Å². The number of aliphatic hydroxyl groups is 1. The zero-order valence-corrected chi connectivity index (χ0v) is 11.1. The van der Waals surface area contributed by atoms with E-state index in [1.54, 1.807) is 24.3 Å². The van der Waals surface area contributed by atoms with Crippen LogP contribution >= 0.6 is 11.6 Å². The van der Waals surface area contributed by atoms with E-state index in [-0.39, 0.29) is 5.02 Å². The van der Waals surface area contributed by atoms with Crippen LogP contribution in [-0.2, 0) is 6.42 Å². The molecule has 0 aliphatic heterocycles. The number of aromatic nitrogens is 1. The molecule has 1 aromatic carbocycles. The van der Waals surface area contributed by atoms with Crippen LogP contribution in [0, 0.1) is 5.82 Å². The van der Waals surface area contributed by atoms with Crippen molar-refractivity contribution in [3.05, 3.63) is 58.5 Å². The van der Waals surface area contributed by atoms with Crippen LogP contribution in [0.5, 0.6) is 5.88 Å². The third kappa shape index (κ3) is 3.43. The largest absolute Gasteiger partial charge is 0.481 e. The lowest BCUT2D eigenvalue weighted by Crippen LogP contribution is -2.05. The molecular weight excluding hydrogens is 269 g/mol. The molecule has 0 spiro atoms. The van der Waals surface area contributed by atoms with Crippen molar-refractivity contribution in [1.82, 2.24) is 4.98 Å². The Bertz CT molecular complexity index is 577. The first-order valence-corrected chi connectivity index (χ1v) is 6.11. The average molecular weight is 282 g/mol. The zero-order valence-electron chi connectivity index (χ0n) is 10.3. The van der Waals surface area contributed by atoms with E-state index < -0.39 is 11.9 Å². The summed E-state index contributed by atoms with van der Waals surface area (Å²) in [6.45, 7) is 0. The number of methoxy groups -OCH3 is 1. The van der Waals surface area contributed by atoms with Crippen LogP contribution in [0.4, 0.5) is 4.39 Å². The lowest BCUT2D eigenvalue weighted by atomic mass is 10.1. The summed E-state index contributed by atoms with van der Waals surface area (Å²) in [6, 6.07) is 9.53. The molecular formula is C14H13ClFNO2. The molecule has 0 saturated carbocycles. The van der Waals surface area contributed by atoms with Crippen LogP contribution in [0.3, 0.4) is 0 Å². The first-order chi connectivity index (χ1) is 9.10. The minimum atomic E-state index is -0.795. The van der Waals surface area contributed by atoms with E-state index in [9.17, 15) is 9.50 Å². The van der Waals surface area contributed by atoms with Gasteiger partial charge in [0.2, 0.25) is 5.88 Å². The third-order valence-electron chi connectivity index (χ3n) is 2.71. The molecule has 0 saturated heterocycles. The summed E-state index contributed by atoms with van der Waals surface area (Å²) in [5, 5.41) is 10.1. The van der Waals surface area contributed by atoms with Crippen molar-refractivity contribution in [2.24, 2.45) is 0 Å². The highest BCUT2D eigenvalue weighted by atomic mass is 35.5. The van der Waals surface area contributed by atoms with Crippen molar-refractivity contribution >= 4 is 11.6 Å². The maximum Gasteiger partial charge on any atom is 0.213 e. The summed E-state index contributed by atoms with van der Waals surface area (Å²) in [5.41, 5.74) is 1.24. The van der Waals surface area contributed by atoms with Gasteiger partial charge >= 0.3 is 0 Å². The van der Waals surface area contributed by atoms with E-state index in [1.807, 2.05) is 0 Å². The molecule has 0 radical (unpaired) electrons. The molecule has 1 unspecified atom stereocenters. The van der Waals surface area contributed by atoms with Gasteiger partial charge in [-0.15, -0.1) is 0 Å². The Morgan fingerprint density at radius 3 is 2.84 bits per heavy atom. The minimum Gasteiger partial charge on any atom is -0.481 e. The summed E-state index contributed by atoms with van der Waals surface area (Å²) in [7, 11) is 1.51. The second-order valence-corrected chi connectivity index (χ2v) is 4.48. The Morgan fingerprint density at radius 1 is 1.37 bits per heavy atom. The second-order valence-electron chi connectivity index (χ2n) is 4.07. The summed E-state index contributed by atoms with van der Waals surface area (Å²) in [6.07, 6.45) is -0.489. The van der Waals surface area contributed by atoms with Gasteiger partial charge in [-0.2, -0.15) is 0 Å². The molecule has 0 aliphatic carbocycles. The fourth-order valence-electron chi connectivity index (χ4n) is 1.72.